The van der Waals surface area contributed by atoms with Crippen LogP contribution in [0.4, 0.5) is 0 Å². The Hall–Kier alpha value is -2.49. The topological polar surface area (TPSA) is 62.5 Å². The molecule has 3 atom stereocenters. The Morgan fingerprint density at radius 1 is 1.23 bits per heavy atom. The van der Waals surface area contributed by atoms with Gasteiger partial charge in [-0.1, -0.05) is 53.7 Å². The molecule has 2 bridgehead atoms. The molecule has 4 nitrogen and oxygen atoms in total. The highest BCUT2D eigenvalue weighted by molar-refractivity contribution is 6.11. The van der Waals surface area contributed by atoms with Crippen LogP contribution in [0, 0.1) is 28.2 Å². The number of ether oxygens (including phenoxy) is 1. The Labute approximate surface area is 187 Å². The van der Waals surface area contributed by atoms with Crippen LogP contribution in [0.5, 0.6) is 0 Å². The van der Waals surface area contributed by atoms with Gasteiger partial charge in [0.2, 0.25) is 0 Å². The summed E-state index contributed by atoms with van der Waals surface area (Å²) in [5.41, 5.74) is 11.4. The van der Waals surface area contributed by atoms with E-state index < -0.39 is 0 Å². The molecule has 0 radical (unpaired) electrons. The van der Waals surface area contributed by atoms with Gasteiger partial charge in [-0.2, -0.15) is 5.11 Å². The van der Waals surface area contributed by atoms with Crippen LogP contribution in [0.15, 0.2) is 75.8 Å². The maximum absolute atomic E-state index is 13.0. The van der Waals surface area contributed by atoms with E-state index in [1.807, 2.05) is 18.4 Å². The molecule has 0 aromatic heterocycles. The van der Waals surface area contributed by atoms with Gasteiger partial charge in [-0.25, -0.2) is 5.53 Å². The lowest BCUT2D eigenvalue weighted by Gasteiger charge is -2.37. The number of Topliss-reactive ketones (excluding diaryl/α,β-unsaturated/α-hetero) is 1. The van der Waals surface area contributed by atoms with Crippen LogP contribution in [-0.2, 0) is 9.53 Å². The minimum absolute atomic E-state index is 0.0951. The highest BCUT2D eigenvalue weighted by Crippen LogP contribution is 2.47. The van der Waals surface area contributed by atoms with Crippen LogP contribution in [0.25, 0.3) is 0 Å². The Bertz CT molecular complexity index is 944. The van der Waals surface area contributed by atoms with Crippen molar-refractivity contribution in [3.63, 3.8) is 0 Å². The summed E-state index contributed by atoms with van der Waals surface area (Å²) < 4.78 is 5.86. The third-order valence-electron chi connectivity index (χ3n) is 6.55. The summed E-state index contributed by atoms with van der Waals surface area (Å²) >= 11 is 0. The van der Waals surface area contributed by atoms with Gasteiger partial charge in [0.25, 0.3) is 0 Å². The first-order chi connectivity index (χ1) is 14.4. The van der Waals surface area contributed by atoms with Crippen LogP contribution in [0.2, 0.25) is 0 Å². The predicted octanol–water partition coefficient (Wildman–Crippen LogP) is 7.24. The summed E-state index contributed by atoms with van der Waals surface area (Å²) in [5.74, 6) is 1.20. The van der Waals surface area contributed by atoms with Crippen molar-refractivity contribution >= 4 is 5.78 Å². The molecule has 0 spiro atoms. The minimum atomic E-state index is -0.146. The molecule has 1 heterocycles. The molecule has 0 aromatic carbocycles. The maximum Gasteiger partial charge on any atom is 0.186 e. The number of carbonyl (C=O) groups excluding carboxylic acids is 1. The third kappa shape index (κ3) is 5.06. The van der Waals surface area contributed by atoms with E-state index in [4.69, 9.17) is 10.3 Å². The first-order valence-electron chi connectivity index (χ1n) is 11.2. The molecule has 0 fully saturated rings. The van der Waals surface area contributed by atoms with Crippen molar-refractivity contribution in [2.45, 2.75) is 67.4 Å². The van der Waals surface area contributed by atoms with Crippen molar-refractivity contribution in [3.05, 3.63) is 70.7 Å². The standard InChI is InChI=1S/C20H26O2.C7H10N2/c1-12-11-22-17-9-13-7-15(19(2,3)4)18(21)16(8-13)20(5,6)10-14(12)17;1-6-2-4-7(9-8)5-3-6/h7-9,11,14,17H,10H2,1-6H3;2,4-6,8H,3H2,1H3/b13-9-;. The Balaban J connectivity index is 0.000000254. The number of rotatable bonds is 1. The van der Waals surface area contributed by atoms with Crippen molar-refractivity contribution in [1.29, 1.82) is 5.53 Å². The van der Waals surface area contributed by atoms with E-state index in [-0.39, 0.29) is 22.7 Å². The second kappa shape index (κ2) is 8.57. The van der Waals surface area contributed by atoms with Gasteiger partial charge in [-0.3, -0.25) is 4.79 Å². The fourth-order valence-corrected chi connectivity index (χ4v) is 4.52. The fourth-order valence-electron chi connectivity index (χ4n) is 4.52. The first-order valence-corrected chi connectivity index (χ1v) is 11.2. The van der Waals surface area contributed by atoms with Crippen molar-refractivity contribution < 1.29 is 9.53 Å². The largest absolute Gasteiger partial charge is 0.493 e. The number of hydrogen-bond donors (Lipinski definition) is 1. The molecule has 4 heteroatoms. The van der Waals surface area contributed by atoms with Gasteiger partial charge in [0.05, 0.1) is 12.0 Å². The number of nitrogens with one attached hydrogen (secondary N) is 1. The molecule has 3 aliphatic carbocycles. The minimum Gasteiger partial charge on any atom is -0.493 e. The Morgan fingerprint density at radius 3 is 2.52 bits per heavy atom. The predicted molar refractivity (Wildman–Crippen MR) is 125 cm³/mol. The molecular weight excluding hydrogens is 384 g/mol. The van der Waals surface area contributed by atoms with Crippen LogP contribution in [0.3, 0.4) is 0 Å². The molecular formula is C27H36N2O2. The molecule has 4 rings (SSSR count). The lowest BCUT2D eigenvalue weighted by molar-refractivity contribution is -0.114. The lowest BCUT2D eigenvalue weighted by Crippen LogP contribution is -2.34. The van der Waals surface area contributed by atoms with Crippen LogP contribution in [-0.4, -0.2) is 11.9 Å². The summed E-state index contributed by atoms with van der Waals surface area (Å²) in [5, 5.41) is 3.31. The van der Waals surface area contributed by atoms with Gasteiger partial charge < -0.3 is 4.74 Å². The highest BCUT2D eigenvalue weighted by atomic mass is 16.5. The fraction of sp³-hybridized carbons (Fsp3) is 0.519. The Morgan fingerprint density at radius 2 is 1.94 bits per heavy atom. The number of ketones is 1. The summed E-state index contributed by atoms with van der Waals surface area (Å²) in [6.07, 6.45) is 16.2. The molecule has 4 aliphatic rings. The van der Waals surface area contributed by atoms with Gasteiger partial charge in [-0.15, -0.1) is 0 Å². The van der Waals surface area contributed by atoms with Crippen LogP contribution >= 0.6 is 0 Å². The quantitative estimate of drug-likeness (QED) is 0.454. The zero-order valence-corrected chi connectivity index (χ0v) is 20.0. The van der Waals surface area contributed by atoms with E-state index in [0.29, 0.717) is 11.8 Å². The molecule has 0 amide bonds. The van der Waals surface area contributed by atoms with E-state index in [9.17, 15) is 4.79 Å². The summed E-state index contributed by atoms with van der Waals surface area (Å²) in [6.45, 7) is 15.0. The van der Waals surface area contributed by atoms with Crippen LogP contribution in [0.1, 0.15) is 61.3 Å². The first kappa shape index (κ1) is 23.2. The molecule has 1 N–H and O–H groups in total. The van der Waals surface area contributed by atoms with Gasteiger partial charge in [-0.05, 0) is 72.0 Å². The summed E-state index contributed by atoms with van der Waals surface area (Å²) in [6, 6.07) is 0. The van der Waals surface area contributed by atoms with Gasteiger partial charge >= 0.3 is 0 Å². The van der Waals surface area contributed by atoms with Gasteiger partial charge in [0.1, 0.15) is 6.10 Å². The molecule has 0 aromatic rings. The zero-order valence-electron chi connectivity index (χ0n) is 20.0. The SMILES string of the molecule is CC1=COC2/C=C3/C=C(C(C)(C)C)C(=O)C(=C3)C(C)(C)CC12.CC1C=CC(N=N)=CC1. The van der Waals surface area contributed by atoms with Crippen molar-refractivity contribution in [3.8, 4) is 0 Å². The van der Waals surface area contributed by atoms with E-state index in [1.165, 1.54) is 5.57 Å². The number of carbonyl (C=O) groups is 1. The van der Waals surface area contributed by atoms with Crippen molar-refractivity contribution in [2.75, 3.05) is 0 Å². The normalized spacial score (nSPS) is 30.5. The molecule has 1 aliphatic heterocycles. The maximum atomic E-state index is 13.0. The highest BCUT2D eigenvalue weighted by Gasteiger charge is 2.42. The number of nitrogens with zero attached hydrogens (tertiary/aromatic N) is 1. The number of fused-ring (bicyclic) bond motifs is 2. The molecule has 0 saturated carbocycles. The van der Waals surface area contributed by atoms with Crippen molar-refractivity contribution in [2.24, 2.45) is 27.8 Å². The average Bonchev–Trinajstić information content (AvgIpc) is 3.01. The van der Waals surface area contributed by atoms with E-state index in [1.54, 1.807) is 0 Å². The van der Waals surface area contributed by atoms with E-state index in [0.717, 1.165) is 35.3 Å². The van der Waals surface area contributed by atoms with Gasteiger partial charge in [0, 0.05) is 17.1 Å². The third-order valence-corrected chi connectivity index (χ3v) is 6.55. The second-order valence-electron chi connectivity index (χ2n) is 10.8. The molecule has 0 saturated heterocycles. The van der Waals surface area contributed by atoms with E-state index >= 15 is 0 Å². The molecule has 31 heavy (non-hydrogen) atoms. The molecule has 3 unspecified atom stereocenters. The van der Waals surface area contributed by atoms with Gasteiger partial charge in [0.15, 0.2) is 5.78 Å². The lowest BCUT2D eigenvalue weighted by atomic mass is 9.66. The number of allylic oxidation sites excluding steroid dienone is 8. The second-order valence-corrected chi connectivity index (χ2v) is 10.8. The average molecular weight is 421 g/mol. The smallest absolute Gasteiger partial charge is 0.186 e. The number of hydrogen-bond acceptors (Lipinski definition) is 4. The summed E-state index contributed by atoms with van der Waals surface area (Å²) in [7, 11) is 0. The van der Waals surface area contributed by atoms with E-state index in [2.05, 4.69) is 77.9 Å². The van der Waals surface area contributed by atoms with Crippen LogP contribution < -0.4 is 0 Å². The molecule has 166 valence electrons. The zero-order chi connectivity index (χ0) is 23.0. The summed E-state index contributed by atoms with van der Waals surface area (Å²) in [4.78, 5) is 13.0. The van der Waals surface area contributed by atoms with Crippen molar-refractivity contribution in [1.82, 2.24) is 0 Å². The monoisotopic (exact) mass is 420 g/mol. The Kier molecular flexibility index (Phi) is 6.40.